The Morgan fingerprint density at radius 1 is 1.17 bits per heavy atom. The van der Waals surface area contributed by atoms with Crippen LogP contribution in [0, 0.1) is 0 Å². The predicted octanol–water partition coefficient (Wildman–Crippen LogP) is 2.53. The highest BCUT2D eigenvalue weighted by molar-refractivity contribution is 6.07. The van der Waals surface area contributed by atoms with Crippen molar-refractivity contribution in [1.29, 1.82) is 0 Å². The molecule has 1 amide bonds. The summed E-state index contributed by atoms with van der Waals surface area (Å²) in [6.45, 7) is 0. The zero-order valence-corrected chi connectivity index (χ0v) is 10.0. The molecule has 0 bridgehead atoms. The van der Waals surface area contributed by atoms with Gasteiger partial charge in [0, 0.05) is 17.4 Å². The van der Waals surface area contributed by atoms with E-state index in [2.05, 4.69) is 5.32 Å². The molecule has 0 saturated carbocycles. The van der Waals surface area contributed by atoms with Crippen molar-refractivity contribution in [2.45, 2.75) is 0 Å². The van der Waals surface area contributed by atoms with Gasteiger partial charge in [0.2, 0.25) is 0 Å². The standard InChI is InChI=1S/C14H14N2O2/c1-18-11-7-8-12(13(15)9-11)14(17)16-10-5-3-2-4-6-10/h2-9H,15H2,1H3,(H,16,17). The molecule has 0 heterocycles. The van der Waals surface area contributed by atoms with Crippen molar-refractivity contribution in [3.8, 4) is 5.75 Å². The van der Waals surface area contributed by atoms with Gasteiger partial charge in [-0.2, -0.15) is 0 Å². The smallest absolute Gasteiger partial charge is 0.257 e. The fourth-order valence-corrected chi connectivity index (χ4v) is 1.59. The summed E-state index contributed by atoms with van der Waals surface area (Å²) < 4.78 is 5.04. The summed E-state index contributed by atoms with van der Waals surface area (Å²) in [7, 11) is 1.55. The van der Waals surface area contributed by atoms with E-state index in [1.165, 1.54) is 0 Å². The number of rotatable bonds is 3. The van der Waals surface area contributed by atoms with Crippen molar-refractivity contribution in [3.63, 3.8) is 0 Å². The third-order valence-corrected chi connectivity index (χ3v) is 2.54. The van der Waals surface area contributed by atoms with Crippen LogP contribution >= 0.6 is 0 Å². The van der Waals surface area contributed by atoms with E-state index >= 15 is 0 Å². The van der Waals surface area contributed by atoms with Crippen LogP contribution < -0.4 is 15.8 Å². The fraction of sp³-hybridized carbons (Fsp3) is 0.0714. The molecule has 4 heteroatoms. The first-order chi connectivity index (χ1) is 8.70. The Kier molecular flexibility index (Phi) is 3.48. The summed E-state index contributed by atoms with van der Waals surface area (Å²) in [4.78, 5) is 12.0. The summed E-state index contributed by atoms with van der Waals surface area (Å²) in [5, 5.41) is 2.78. The van der Waals surface area contributed by atoms with Gasteiger partial charge in [-0.25, -0.2) is 0 Å². The number of anilines is 2. The van der Waals surface area contributed by atoms with Crippen molar-refractivity contribution in [1.82, 2.24) is 0 Å². The molecule has 0 radical (unpaired) electrons. The van der Waals surface area contributed by atoms with E-state index in [1.54, 1.807) is 25.3 Å². The lowest BCUT2D eigenvalue weighted by Crippen LogP contribution is -2.13. The van der Waals surface area contributed by atoms with Crippen LogP contribution in [0.3, 0.4) is 0 Å². The molecule has 18 heavy (non-hydrogen) atoms. The third kappa shape index (κ3) is 2.60. The van der Waals surface area contributed by atoms with E-state index in [0.29, 0.717) is 17.0 Å². The normalized spacial score (nSPS) is 9.83. The van der Waals surface area contributed by atoms with E-state index in [9.17, 15) is 4.79 Å². The SMILES string of the molecule is COc1ccc(C(=O)Nc2ccccc2)c(N)c1. The molecular weight excluding hydrogens is 228 g/mol. The van der Waals surface area contributed by atoms with Crippen LogP contribution in [0.4, 0.5) is 11.4 Å². The molecule has 0 unspecified atom stereocenters. The number of nitrogen functional groups attached to an aromatic ring is 1. The summed E-state index contributed by atoms with van der Waals surface area (Å²) in [6, 6.07) is 14.2. The summed E-state index contributed by atoms with van der Waals surface area (Å²) in [6.07, 6.45) is 0. The maximum atomic E-state index is 12.0. The van der Waals surface area contributed by atoms with Crippen molar-refractivity contribution in [3.05, 3.63) is 54.1 Å². The Labute approximate surface area is 105 Å². The number of carbonyl (C=O) groups excluding carboxylic acids is 1. The van der Waals surface area contributed by atoms with Crippen LogP contribution in [0.1, 0.15) is 10.4 Å². The number of para-hydroxylation sites is 1. The van der Waals surface area contributed by atoms with Gasteiger partial charge in [0.15, 0.2) is 0 Å². The number of nitrogens with two attached hydrogens (primary N) is 1. The summed E-state index contributed by atoms with van der Waals surface area (Å²) in [5.41, 5.74) is 7.37. The largest absolute Gasteiger partial charge is 0.497 e. The lowest BCUT2D eigenvalue weighted by atomic mass is 10.1. The molecule has 92 valence electrons. The zero-order valence-electron chi connectivity index (χ0n) is 10.0. The Bertz CT molecular complexity index is 553. The first-order valence-corrected chi connectivity index (χ1v) is 5.50. The molecule has 0 atom stereocenters. The number of hydrogen-bond acceptors (Lipinski definition) is 3. The highest BCUT2D eigenvalue weighted by atomic mass is 16.5. The second kappa shape index (κ2) is 5.23. The molecule has 0 aliphatic rings. The molecule has 4 nitrogen and oxygen atoms in total. The number of hydrogen-bond donors (Lipinski definition) is 2. The number of benzene rings is 2. The lowest BCUT2D eigenvalue weighted by molar-refractivity contribution is 0.102. The highest BCUT2D eigenvalue weighted by Gasteiger charge is 2.10. The summed E-state index contributed by atoms with van der Waals surface area (Å²) >= 11 is 0. The molecule has 0 spiro atoms. The number of carbonyl (C=O) groups is 1. The maximum Gasteiger partial charge on any atom is 0.257 e. The molecule has 0 aromatic heterocycles. The lowest BCUT2D eigenvalue weighted by Gasteiger charge is -2.08. The minimum absolute atomic E-state index is 0.235. The highest BCUT2D eigenvalue weighted by Crippen LogP contribution is 2.20. The van der Waals surface area contributed by atoms with Gasteiger partial charge >= 0.3 is 0 Å². The minimum Gasteiger partial charge on any atom is -0.497 e. The van der Waals surface area contributed by atoms with Gasteiger partial charge in [-0.3, -0.25) is 4.79 Å². The van der Waals surface area contributed by atoms with Crippen molar-refractivity contribution >= 4 is 17.3 Å². The van der Waals surface area contributed by atoms with Gasteiger partial charge in [-0.05, 0) is 24.3 Å². The van der Waals surface area contributed by atoms with Crippen molar-refractivity contribution < 1.29 is 9.53 Å². The van der Waals surface area contributed by atoms with Crippen LogP contribution in [0.5, 0.6) is 5.75 Å². The van der Waals surface area contributed by atoms with Gasteiger partial charge in [0.1, 0.15) is 5.75 Å². The van der Waals surface area contributed by atoms with Crippen LogP contribution in [0.15, 0.2) is 48.5 Å². The molecule has 2 rings (SSSR count). The van der Waals surface area contributed by atoms with E-state index in [-0.39, 0.29) is 5.91 Å². The van der Waals surface area contributed by atoms with Crippen LogP contribution in [0.25, 0.3) is 0 Å². The van der Waals surface area contributed by atoms with Gasteiger partial charge in [-0.15, -0.1) is 0 Å². The van der Waals surface area contributed by atoms with Crippen molar-refractivity contribution in [2.75, 3.05) is 18.2 Å². The van der Waals surface area contributed by atoms with Crippen LogP contribution in [-0.2, 0) is 0 Å². The van der Waals surface area contributed by atoms with Crippen LogP contribution in [0.2, 0.25) is 0 Å². The van der Waals surface area contributed by atoms with Crippen LogP contribution in [-0.4, -0.2) is 13.0 Å². The molecule has 2 aromatic rings. The van der Waals surface area contributed by atoms with E-state index in [4.69, 9.17) is 10.5 Å². The number of amides is 1. The quantitative estimate of drug-likeness (QED) is 0.813. The molecule has 0 aliphatic heterocycles. The Hall–Kier alpha value is -2.49. The maximum absolute atomic E-state index is 12.0. The molecule has 0 saturated heterocycles. The molecular formula is C14H14N2O2. The van der Waals surface area contributed by atoms with Gasteiger partial charge in [0.05, 0.1) is 12.7 Å². The minimum atomic E-state index is -0.235. The number of ether oxygens (including phenoxy) is 1. The first kappa shape index (κ1) is 12.0. The third-order valence-electron chi connectivity index (χ3n) is 2.54. The van der Waals surface area contributed by atoms with E-state index in [1.807, 2.05) is 30.3 Å². The first-order valence-electron chi connectivity index (χ1n) is 5.50. The molecule has 3 N–H and O–H groups in total. The fourth-order valence-electron chi connectivity index (χ4n) is 1.59. The predicted molar refractivity (Wildman–Crippen MR) is 71.8 cm³/mol. The topological polar surface area (TPSA) is 64.3 Å². The Balaban J connectivity index is 2.19. The Morgan fingerprint density at radius 2 is 1.89 bits per heavy atom. The second-order valence-electron chi connectivity index (χ2n) is 3.77. The van der Waals surface area contributed by atoms with Gasteiger partial charge < -0.3 is 15.8 Å². The average molecular weight is 242 g/mol. The second-order valence-corrected chi connectivity index (χ2v) is 3.77. The summed E-state index contributed by atoms with van der Waals surface area (Å²) in [5.74, 6) is 0.394. The monoisotopic (exact) mass is 242 g/mol. The van der Waals surface area contributed by atoms with Gasteiger partial charge in [-0.1, -0.05) is 18.2 Å². The zero-order chi connectivity index (χ0) is 13.0. The van der Waals surface area contributed by atoms with E-state index in [0.717, 1.165) is 5.69 Å². The van der Waals surface area contributed by atoms with E-state index < -0.39 is 0 Å². The average Bonchev–Trinajstić information content (AvgIpc) is 2.39. The van der Waals surface area contributed by atoms with Gasteiger partial charge in [0.25, 0.3) is 5.91 Å². The molecule has 2 aromatic carbocycles. The number of nitrogens with one attached hydrogen (secondary N) is 1. The molecule has 0 fully saturated rings. The number of methoxy groups -OCH3 is 1. The molecule has 0 aliphatic carbocycles. The Morgan fingerprint density at radius 3 is 2.50 bits per heavy atom. The van der Waals surface area contributed by atoms with Crippen molar-refractivity contribution in [2.24, 2.45) is 0 Å².